The van der Waals surface area contributed by atoms with Crippen molar-refractivity contribution in [3.63, 3.8) is 0 Å². The van der Waals surface area contributed by atoms with Gasteiger partial charge in [-0.2, -0.15) is 4.31 Å². The summed E-state index contributed by atoms with van der Waals surface area (Å²) in [7, 11) is -2.15. The molecule has 2 rings (SSSR count). The van der Waals surface area contributed by atoms with Gasteiger partial charge in [0.05, 0.1) is 0 Å². The van der Waals surface area contributed by atoms with Crippen molar-refractivity contribution in [2.75, 3.05) is 18.9 Å². The molecule has 1 heterocycles. The summed E-state index contributed by atoms with van der Waals surface area (Å²) in [6.45, 7) is 1.74. The number of nitrogens with zero attached hydrogens (tertiary/aromatic N) is 3. The Balaban J connectivity index is 2.05. The van der Waals surface area contributed by atoms with Crippen LogP contribution >= 0.6 is 22.9 Å². The van der Waals surface area contributed by atoms with Gasteiger partial charge in [0.25, 0.3) is 10.0 Å². The molecule has 1 aliphatic carbocycles. The molecular formula is C10H15ClN4O3S2. The van der Waals surface area contributed by atoms with Crippen LogP contribution in [0.2, 0.25) is 0 Å². The zero-order valence-corrected chi connectivity index (χ0v) is 13.4. The largest absolute Gasteiger partial charge is 0.301 e. The number of aromatic nitrogens is 2. The lowest BCUT2D eigenvalue weighted by Gasteiger charge is -2.33. The average molecular weight is 339 g/mol. The number of alkyl halides is 1. The second-order valence-electron chi connectivity index (χ2n) is 4.77. The number of halogens is 1. The van der Waals surface area contributed by atoms with Gasteiger partial charge in [-0.05, 0) is 18.8 Å². The number of carbonyl (C=O) groups excluding carboxylic acids is 1. The van der Waals surface area contributed by atoms with Gasteiger partial charge in [-0.15, -0.1) is 21.8 Å². The third-order valence-electron chi connectivity index (χ3n) is 3.01. The third-order valence-corrected chi connectivity index (χ3v) is 6.38. The molecule has 10 heteroatoms. The lowest BCUT2D eigenvalue weighted by Crippen LogP contribution is -2.37. The van der Waals surface area contributed by atoms with E-state index in [0.29, 0.717) is 12.5 Å². The molecular weight excluding hydrogens is 324 g/mol. The molecule has 1 aromatic heterocycles. The van der Waals surface area contributed by atoms with E-state index in [2.05, 4.69) is 15.5 Å². The highest BCUT2D eigenvalue weighted by Crippen LogP contribution is 2.33. The van der Waals surface area contributed by atoms with Crippen molar-refractivity contribution >= 4 is 44.0 Å². The molecule has 1 saturated carbocycles. The molecule has 1 amide bonds. The number of sulfonamides is 1. The van der Waals surface area contributed by atoms with E-state index in [4.69, 9.17) is 11.6 Å². The number of amides is 1. The molecule has 1 N–H and O–H groups in total. The first-order chi connectivity index (χ1) is 9.29. The van der Waals surface area contributed by atoms with Crippen molar-refractivity contribution in [3.8, 4) is 0 Å². The van der Waals surface area contributed by atoms with Gasteiger partial charge >= 0.3 is 0 Å². The van der Waals surface area contributed by atoms with Crippen LogP contribution in [0.5, 0.6) is 0 Å². The van der Waals surface area contributed by atoms with Gasteiger partial charge in [-0.1, -0.05) is 11.3 Å². The molecule has 20 heavy (non-hydrogen) atoms. The minimum absolute atomic E-state index is 0.120. The molecule has 0 bridgehead atoms. The standard InChI is InChI=1S/C10H15ClN4O3S2/c1-6(16)12-9-13-14-10(19-9)20(17,18)15(2)5-7-3-8(11)4-7/h7-8H,3-5H2,1-2H3,(H,12,13,16). The summed E-state index contributed by atoms with van der Waals surface area (Å²) in [5, 5.41) is 10.0. The first-order valence-electron chi connectivity index (χ1n) is 6.00. The van der Waals surface area contributed by atoms with Gasteiger partial charge in [0, 0.05) is 25.9 Å². The van der Waals surface area contributed by atoms with E-state index in [1.165, 1.54) is 18.3 Å². The Hall–Kier alpha value is -0.770. The SMILES string of the molecule is CC(=O)Nc1nnc(S(=O)(=O)N(C)CC2CC(Cl)C2)s1. The maximum Gasteiger partial charge on any atom is 0.272 e. The summed E-state index contributed by atoms with van der Waals surface area (Å²) in [5.41, 5.74) is 0. The fourth-order valence-electron chi connectivity index (χ4n) is 1.91. The first-order valence-corrected chi connectivity index (χ1v) is 8.70. The molecule has 1 fully saturated rings. The van der Waals surface area contributed by atoms with Gasteiger partial charge in [0.1, 0.15) is 0 Å². The highest BCUT2D eigenvalue weighted by Gasteiger charge is 2.33. The predicted octanol–water partition coefficient (Wildman–Crippen LogP) is 1.13. The molecule has 0 spiro atoms. The average Bonchev–Trinajstić information content (AvgIpc) is 2.75. The highest BCUT2D eigenvalue weighted by molar-refractivity contribution is 7.91. The van der Waals surface area contributed by atoms with Crippen LogP contribution in [0.25, 0.3) is 0 Å². The fourth-order valence-corrected chi connectivity index (χ4v) is 4.80. The van der Waals surface area contributed by atoms with Crippen LogP contribution in [0.3, 0.4) is 0 Å². The second-order valence-corrected chi connectivity index (χ2v) is 8.59. The van der Waals surface area contributed by atoms with E-state index in [1.807, 2.05) is 0 Å². The summed E-state index contributed by atoms with van der Waals surface area (Å²) in [4.78, 5) is 10.9. The third kappa shape index (κ3) is 3.46. The molecule has 1 aromatic rings. The van der Waals surface area contributed by atoms with Crippen LogP contribution in [-0.4, -0.2) is 47.8 Å². The highest BCUT2D eigenvalue weighted by atomic mass is 35.5. The molecule has 0 aliphatic heterocycles. The summed E-state index contributed by atoms with van der Waals surface area (Å²) >= 11 is 6.72. The summed E-state index contributed by atoms with van der Waals surface area (Å²) in [5.74, 6) is -0.0268. The molecule has 112 valence electrons. The van der Waals surface area contributed by atoms with Crippen LogP contribution in [-0.2, 0) is 14.8 Å². The van der Waals surface area contributed by atoms with Crippen molar-refractivity contribution in [2.24, 2.45) is 5.92 Å². The van der Waals surface area contributed by atoms with E-state index in [1.54, 1.807) is 0 Å². The smallest absolute Gasteiger partial charge is 0.272 e. The Kier molecular flexibility index (Phi) is 4.62. The topological polar surface area (TPSA) is 92.3 Å². The number of rotatable bonds is 5. The van der Waals surface area contributed by atoms with Crippen molar-refractivity contribution in [3.05, 3.63) is 0 Å². The summed E-state index contributed by atoms with van der Waals surface area (Å²) in [6, 6.07) is 0. The van der Waals surface area contributed by atoms with Crippen LogP contribution in [0.15, 0.2) is 4.34 Å². The molecule has 0 atom stereocenters. The van der Waals surface area contributed by atoms with Crippen LogP contribution in [0, 0.1) is 5.92 Å². The Morgan fingerprint density at radius 1 is 1.50 bits per heavy atom. The van der Waals surface area contributed by atoms with E-state index >= 15 is 0 Å². The molecule has 0 aromatic carbocycles. The van der Waals surface area contributed by atoms with E-state index in [9.17, 15) is 13.2 Å². The van der Waals surface area contributed by atoms with Crippen LogP contribution in [0.1, 0.15) is 19.8 Å². The number of hydrogen-bond donors (Lipinski definition) is 1. The molecule has 7 nitrogen and oxygen atoms in total. The minimum atomic E-state index is -3.66. The quantitative estimate of drug-likeness (QED) is 0.642. The lowest BCUT2D eigenvalue weighted by atomic mass is 9.85. The Morgan fingerprint density at radius 2 is 2.15 bits per heavy atom. The zero-order valence-electron chi connectivity index (χ0n) is 11.0. The monoisotopic (exact) mass is 338 g/mol. The first kappa shape index (κ1) is 15.6. The van der Waals surface area contributed by atoms with E-state index in [0.717, 1.165) is 24.2 Å². The summed E-state index contributed by atoms with van der Waals surface area (Å²) < 4.78 is 25.7. The Bertz CT molecular complexity index is 597. The van der Waals surface area contributed by atoms with Crippen molar-refractivity contribution < 1.29 is 13.2 Å². The normalized spacial score (nSPS) is 22.6. The molecule has 0 radical (unpaired) electrons. The van der Waals surface area contributed by atoms with Crippen molar-refractivity contribution in [1.82, 2.24) is 14.5 Å². The zero-order chi connectivity index (χ0) is 14.9. The van der Waals surface area contributed by atoms with Gasteiger partial charge < -0.3 is 5.32 Å². The van der Waals surface area contributed by atoms with Crippen LogP contribution < -0.4 is 5.32 Å². The number of carbonyl (C=O) groups is 1. The summed E-state index contributed by atoms with van der Waals surface area (Å²) in [6.07, 6.45) is 1.66. The van der Waals surface area contributed by atoms with Gasteiger partial charge in [-0.3, -0.25) is 4.79 Å². The lowest BCUT2D eigenvalue weighted by molar-refractivity contribution is -0.114. The van der Waals surface area contributed by atoms with Gasteiger partial charge in [-0.25, -0.2) is 8.42 Å². The maximum absolute atomic E-state index is 12.3. The molecule has 1 aliphatic rings. The Morgan fingerprint density at radius 3 is 2.70 bits per heavy atom. The van der Waals surface area contributed by atoms with Gasteiger partial charge in [0.2, 0.25) is 15.4 Å². The predicted molar refractivity (Wildman–Crippen MR) is 76.4 cm³/mol. The Labute approximate surface area is 126 Å². The van der Waals surface area contributed by atoms with Crippen molar-refractivity contribution in [1.29, 1.82) is 0 Å². The fraction of sp³-hybridized carbons (Fsp3) is 0.700. The number of hydrogen-bond acceptors (Lipinski definition) is 6. The minimum Gasteiger partial charge on any atom is -0.301 e. The van der Waals surface area contributed by atoms with Crippen LogP contribution in [0.4, 0.5) is 5.13 Å². The van der Waals surface area contributed by atoms with Crippen molar-refractivity contribution in [2.45, 2.75) is 29.5 Å². The van der Waals surface area contributed by atoms with E-state index in [-0.39, 0.29) is 20.8 Å². The van der Waals surface area contributed by atoms with E-state index < -0.39 is 10.0 Å². The number of anilines is 1. The maximum atomic E-state index is 12.3. The molecule has 0 saturated heterocycles. The molecule has 0 unspecified atom stereocenters. The number of nitrogens with one attached hydrogen (secondary N) is 1. The van der Waals surface area contributed by atoms with Gasteiger partial charge in [0.15, 0.2) is 0 Å². The second kappa shape index (κ2) is 5.92.